The van der Waals surface area contributed by atoms with Crippen LogP contribution in [-0.2, 0) is 4.79 Å². The molecule has 0 radical (unpaired) electrons. The number of rotatable bonds is 5. The summed E-state index contributed by atoms with van der Waals surface area (Å²) < 4.78 is 39.1. The minimum absolute atomic E-state index is 0.134. The molecule has 0 bridgehead atoms. The zero-order valence-corrected chi connectivity index (χ0v) is 11.7. The van der Waals surface area contributed by atoms with Crippen LogP contribution < -0.4 is 0 Å². The summed E-state index contributed by atoms with van der Waals surface area (Å²) in [6.45, 7) is 0.904. The van der Waals surface area contributed by atoms with Crippen LogP contribution in [0.15, 0.2) is 0 Å². The normalized spacial score (nSPS) is 22.4. The van der Waals surface area contributed by atoms with Gasteiger partial charge in [0.05, 0.1) is 0 Å². The van der Waals surface area contributed by atoms with Crippen molar-refractivity contribution in [3.63, 3.8) is 0 Å². The second-order valence-corrected chi connectivity index (χ2v) is 5.00. The molecule has 0 saturated carbocycles. The second kappa shape index (κ2) is 6.50. The van der Waals surface area contributed by atoms with Crippen LogP contribution in [0.1, 0.15) is 19.8 Å². The molecule has 2 N–H and O–H groups in total. The monoisotopic (exact) mass is 312 g/mol. The number of urea groups is 1. The van der Waals surface area contributed by atoms with Crippen molar-refractivity contribution in [3.8, 4) is 0 Å². The Bertz CT molecular complexity index is 402. The smallest absolute Gasteiger partial charge is 0.406 e. The lowest BCUT2D eigenvalue weighted by Crippen LogP contribution is -2.49. The average molecular weight is 312 g/mol. The van der Waals surface area contributed by atoms with Gasteiger partial charge in [0.2, 0.25) is 0 Å². The summed E-state index contributed by atoms with van der Waals surface area (Å²) in [6.07, 6.45) is -5.23. The van der Waals surface area contributed by atoms with Crippen LogP contribution in [0.5, 0.6) is 0 Å². The number of hydrogen-bond donors (Lipinski definition) is 2. The number of carboxylic acids is 1. The van der Waals surface area contributed by atoms with Crippen molar-refractivity contribution in [3.05, 3.63) is 0 Å². The molecule has 1 unspecified atom stereocenters. The summed E-state index contributed by atoms with van der Waals surface area (Å²) in [6, 6.07) is -0.627. The Labute approximate surface area is 120 Å². The number of halogens is 3. The molecule has 0 aromatic carbocycles. The van der Waals surface area contributed by atoms with Crippen molar-refractivity contribution in [1.82, 2.24) is 9.80 Å². The number of hydrogen-bond acceptors (Lipinski definition) is 3. The van der Waals surface area contributed by atoms with E-state index in [9.17, 15) is 22.8 Å². The first kappa shape index (κ1) is 17.5. The Hall–Kier alpha value is -1.51. The van der Waals surface area contributed by atoms with Crippen LogP contribution in [0.4, 0.5) is 18.0 Å². The standard InChI is InChI=1S/C12H19F3N2O4/c1-2-16(5-3-7-18)10(21)17-6-4-11(8-17,9(19)20)12(13,14)15/h18H,2-8H2,1H3,(H,19,20). The largest absolute Gasteiger partial charge is 0.481 e. The van der Waals surface area contributed by atoms with E-state index < -0.39 is 36.6 Å². The third kappa shape index (κ3) is 3.39. The minimum atomic E-state index is -4.91. The van der Waals surface area contributed by atoms with Gasteiger partial charge in [0.25, 0.3) is 0 Å². The average Bonchev–Trinajstić information content (AvgIpc) is 2.85. The number of aliphatic carboxylic acids is 1. The summed E-state index contributed by atoms with van der Waals surface area (Å²) in [5.41, 5.74) is -2.89. The Kier molecular flexibility index (Phi) is 5.43. The van der Waals surface area contributed by atoms with Gasteiger partial charge < -0.3 is 20.0 Å². The van der Waals surface area contributed by atoms with Crippen molar-refractivity contribution in [1.29, 1.82) is 0 Å². The second-order valence-electron chi connectivity index (χ2n) is 5.00. The molecule has 0 aliphatic carbocycles. The fraction of sp³-hybridized carbons (Fsp3) is 0.833. The highest BCUT2D eigenvalue weighted by atomic mass is 19.4. The molecule has 1 rings (SSSR count). The molecule has 1 fully saturated rings. The molecule has 1 heterocycles. The summed E-state index contributed by atoms with van der Waals surface area (Å²) in [4.78, 5) is 25.4. The molecule has 6 nitrogen and oxygen atoms in total. The highest BCUT2D eigenvalue weighted by Gasteiger charge is 2.64. The Morgan fingerprint density at radius 1 is 1.38 bits per heavy atom. The van der Waals surface area contributed by atoms with Gasteiger partial charge in [0, 0.05) is 32.8 Å². The molecule has 2 amide bonds. The van der Waals surface area contributed by atoms with E-state index in [0.29, 0.717) is 6.42 Å². The van der Waals surface area contributed by atoms with E-state index in [1.54, 1.807) is 6.92 Å². The van der Waals surface area contributed by atoms with Gasteiger partial charge in [-0.25, -0.2) is 4.79 Å². The number of likely N-dealkylation sites (tertiary alicyclic amines) is 1. The molecule has 1 atom stereocenters. The molecule has 1 aliphatic heterocycles. The lowest BCUT2D eigenvalue weighted by atomic mass is 9.86. The third-order valence-electron chi connectivity index (χ3n) is 3.73. The van der Waals surface area contributed by atoms with E-state index in [1.165, 1.54) is 4.90 Å². The highest BCUT2D eigenvalue weighted by molar-refractivity contribution is 5.80. The van der Waals surface area contributed by atoms with Gasteiger partial charge >= 0.3 is 18.2 Å². The third-order valence-corrected chi connectivity index (χ3v) is 3.73. The maximum atomic E-state index is 13.0. The number of nitrogens with zero attached hydrogens (tertiary/aromatic N) is 2. The molecular formula is C12H19F3N2O4. The summed E-state index contributed by atoms with van der Waals surface area (Å²) in [7, 11) is 0. The van der Waals surface area contributed by atoms with Gasteiger partial charge in [-0.3, -0.25) is 4.79 Å². The van der Waals surface area contributed by atoms with Crippen LogP contribution in [-0.4, -0.2) is 71.0 Å². The van der Waals surface area contributed by atoms with Gasteiger partial charge in [0.1, 0.15) is 0 Å². The number of aliphatic hydroxyl groups is 1. The van der Waals surface area contributed by atoms with Crippen LogP contribution in [0.3, 0.4) is 0 Å². The van der Waals surface area contributed by atoms with Gasteiger partial charge in [0.15, 0.2) is 5.41 Å². The fourth-order valence-corrected chi connectivity index (χ4v) is 2.35. The predicted octanol–water partition coefficient (Wildman–Crippen LogP) is 1.15. The van der Waals surface area contributed by atoms with Gasteiger partial charge in [-0.05, 0) is 19.8 Å². The SMILES string of the molecule is CCN(CCCO)C(=O)N1CCC(C(=O)O)(C(F)(F)F)C1. The van der Waals surface area contributed by atoms with Crippen molar-refractivity contribution in [2.24, 2.45) is 5.41 Å². The number of alkyl halides is 3. The Morgan fingerprint density at radius 2 is 2.00 bits per heavy atom. The fourth-order valence-electron chi connectivity index (χ4n) is 2.35. The predicted molar refractivity (Wildman–Crippen MR) is 66.7 cm³/mol. The van der Waals surface area contributed by atoms with E-state index in [-0.39, 0.29) is 26.2 Å². The highest BCUT2D eigenvalue weighted by Crippen LogP contribution is 2.45. The summed E-state index contributed by atoms with van der Waals surface area (Å²) >= 11 is 0. The number of carbonyl (C=O) groups is 2. The molecule has 1 saturated heterocycles. The molecule has 0 spiro atoms. The van der Waals surface area contributed by atoms with Crippen molar-refractivity contribution < 1.29 is 33.0 Å². The van der Waals surface area contributed by atoms with Crippen molar-refractivity contribution in [2.45, 2.75) is 25.9 Å². The zero-order valence-electron chi connectivity index (χ0n) is 11.7. The Balaban J connectivity index is 2.84. The first-order chi connectivity index (χ1) is 9.69. The van der Waals surface area contributed by atoms with E-state index in [2.05, 4.69) is 0 Å². The minimum Gasteiger partial charge on any atom is -0.481 e. The van der Waals surface area contributed by atoms with E-state index in [0.717, 1.165) is 4.90 Å². The lowest BCUT2D eigenvalue weighted by Gasteiger charge is -2.30. The zero-order chi connectivity index (χ0) is 16.3. The van der Waals surface area contributed by atoms with Crippen molar-refractivity contribution >= 4 is 12.0 Å². The quantitative estimate of drug-likeness (QED) is 0.798. The van der Waals surface area contributed by atoms with Crippen LogP contribution in [0.25, 0.3) is 0 Å². The maximum absolute atomic E-state index is 13.0. The topological polar surface area (TPSA) is 81.1 Å². The summed E-state index contributed by atoms with van der Waals surface area (Å²) in [5, 5.41) is 17.7. The van der Waals surface area contributed by atoms with E-state index >= 15 is 0 Å². The molecule has 0 aromatic heterocycles. The van der Waals surface area contributed by atoms with Crippen LogP contribution in [0.2, 0.25) is 0 Å². The summed E-state index contributed by atoms with van der Waals surface area (Å²) in [5.74, 6) is -1.95. The Morgan fingerprint density at radius 3 is 2.38 bits per heavy atom. The number of carbonyl (C=O) groups excluding carboxylic acids is 1. The molecule has 122 valence electrons. The number of aliphatic hydroxyl groups excluding tert-OH is 1. The van der Waals surface area contributed by atoms with E-state index in [4.69, 9.17) is 10.2 Å². The van der Waals surface area contributed by atoms with Gasteiger partial charge in [-0.2, -0.15) is 13.2 Å². The van der Waals surface area contributed by atoms with E-state index in [1.807, 2.05) is 0 Å². The number of amides is 2. The van der Waals surface area contributed by atoms with Crippen LogP contribution in [0, 0.1) is 5.41 Å². The lowest BCUT2D eigenvalue weighted by molar-refractivity contribution is -0.227. The molecule has 21 heavy (non-hydrogen) atoms. The molecule has 1 aliphatic rings. The maximum Gasteiger partial charge on any atom is 0.406 e. The first-order valence-electron chi connectivity index (χ1n) is 6.64. The van der Waals surface area contributed by atoms with Crippen LogP contribution >= 0.6 is 0 Å². The molecule has 9 heteroatoms. The number of carboxylic acid groups (broad SMARTS) is 1. The molecule has 0 aromatic rings. The van der Waals surface area contributed by atoms with Gasteiger partial charge in [-0.15, -0.1) is 0 Å². The molecular weight excluding hydrogens is 293 g/mol. The van der Waals surface area contributed by atoms with Crippen molar-refractivity contribution in [2.75, 3.05) is 32.8 Å². The van der Waals surface area contributed by atoms with Gasteiger partial charge in [-0.1, -0.05) is 0 Å². The first-order valence-corrected chi connectivity index (χ1v) is 6.64.